The predicted octanol–water partition coefficient (Wildman–Crippen LogP) is -1.07. The van der Waals surface area contributed by atoms with Gasteiger partial charge in [0.25, 0.3) is 0 Å². The van der Waals surface area contributed by atoms with Crippen molar-refractivity contribution in [1.29, 1.82) is 0 Å². The van der Waals surface area contributed by atoms with Gasteiger partial charge in [0.05, 0.1) is 26.3 Å². The Kier molecular flexibility index (Phi) is 9.83. The van der Waals surface area contributed by atoms with Crippen LogP contribution in [0.1, 0.15) is 33.1 Å². The molecule has 28 heavy (non-hydrogen) atoms. The highest BCUT2D eigenvalue weighted by Gasteiger charge is 2.24. The molecule has 1 aliphatic carbocycles. The van der Waals surface area contributed by atoms with Gasteiger partial charge in [-0.1, -0.05) is 6.92 Å². The van der Waals surface area contributed by atoms with Crippen LogP contribution >= 0.6 is 0 Å². The van der Waals surface area contributed by atoms with Crippen molar-refractivity contribution in [2.45, 2.75) is 45.2 Å². The molecule has 1 heterocycles. The van der Waals surface area contributed by atoms with E-state index < -0.39 is 5.91 Å². The molecule has 1 unspecified atom stereocenters. The van der Waals surface area contributed by atoms with E-state index in [0.29, 0.717) is 32.3 Å². The van der Waals surface area contributed by atoms with Crippen LogP contribution in [0.3, 0.4) is 0 Å². The van der Waals surface area contributed by atoms with E-state index in [4.69, 9.17) is 4.74 Å². The second-order valence-electron chi connectivity index (χ2n) is 7.59. The summed E-state index contributed by atoms with van der Waals surface area (Å²) in [5.74, 6) is -0.930. The third-order valence-corrected chi connectivity index (χ3v) is 5.10. The number of carbonyl (C=O) groups excluding carboxylic acids is 3. The fourth-order valence-corrected chi connectivity index (χ4v) is 2.83. The first-order valence-electron chi connectivity index (χ1n) is 10.3. The van der Waals surface area contributed by atoms with E-state index in [2.05, 4.69) is 20.9 Å². The smallest absolute Gasteiger partial charge is 0.246 e. The van der Waals surface area contributed by atoms with Gasteiger partial charge in [0.1, 0.15) is 6.54 Å². The van der Waals surface area contributed by atoms with Crippen molar-refractivity contribution >= 4 is 17.7 Å². The maximum absolute atomic E-state index is 12.6. The summed E-state index contributed by atoms with van der Waals surface area (Å²) in [6.07, 6.45) is 3.09. The lowest BCUT2D eigenvalue weighted by atomic mass is 10.2. The van der Waals surface area contributed by atoms with Crippen LogP contribution in [0.5, 0.6) is 0 Å². The summed E-state index contributed by atoms with van der Waals surface area (Å²) in [4.78, 5) is 40.5. The predicted molar refractivity (Wildman–Crippen MR) is 106 cm³/mol. The van der Waals surface area contributed by atoms with Crippen LogP contribution < -0.4 is 16.0 Å². The van der Waals surface area contributed by atoms with Gasteiger partial charge < -0.3 is 20.3 Å². The lowest BCUT2D eigenvalue weighted by molar-refractivity contribution is -0.138. The third-order valence-electron chi connectivity index (χ3n) is 5.10. The van der Waals surface area contributed by atoms with Gasteiger partial charge in [-0.05, 0) is 26.2 Å². The van der Waals surface area contributed by atoms with Crippen LogP contribution in [0.15, 0.2) is 0 Å². The molecule has 3 amide bonds. The molecule has 1 atom stereocenters. The molecule has 0 aromatic heterocycles. The lowest BCUT2D eigenvalue weighted by Crippen LogP contribution is -2.50. The van der Waals surface area contributed by atoms with E-state index in [9.17, 15) is 14.4 Å². The summed E-state index contributed by atoms with van der Waals surface area (Å²) in [6, 6.07) is 0.632. The normalized spacial score (nSPS) is 18.5. The fraction of sp³-hybridized carbons (Fsp3) is 0.842. The number of nitrogens with one attached hydrogen (secondary N) is 3. The summed E-state index contributed by atoms with van der Waals surface area (Å²) >= 11 is 0. The second-order valence-corrected chi connectivity index (χ2v) is 7.59. The molecule has 0 aromatic rings. The largest absolute Gasteiger partial charge is 0.379 e. The molecule has 1 saturated carbocycles. The minimum atomic E-state index is -0.447. The molecule has 2 fully saturated rings. The third kappa shape index (κ3) is 9.09. The number of nitrogens with zero attached hydrogens (tertiary/aromatic N) is 2. The van der Waals surface area contributed by atoms with Crippen molar-refractivity contribution in [1.82, 2.24) is 25.8 Å². The van der Waals surface area contributed by atoms with Crippen molar-refractivity contribution < 1.29 is 19.1 Å². The fourth-order valence-electron chi connectivity index (χ4n) is 2.83. The molecule has 9 heteroatoms. The number of ether oxygens (including phenoxy) is 1. The van der Waals surface area contributed by atoms with Gasteiger partial charge in [-0.2, -0.15) is 0 Å². The molecule has 3 N–H and O–H groups in total. The van der Waals surface area contributed by atoms with E-state index in [0.717, 1.165) is 32.4 Å². The lowest BCUT2D eigenvalue weighted by Gasteiger charge is -2.30. The van der Waals surface area contributed by atoms with Crippen LogP contribution in [0.2, 0.25) is 0 Å². The Balaban J connectivity index is 1.79. The van der Waals surface area contributed by atoms with E-state index in [-0.39, 0.29) is 37.5 Å². The Morgan fingerprint density at radius 3 is 2.50 bits per heavy atom. The Labute approximate surface area is 167 Å². The average Bonchev–Trinajstić information content (AvgIpc) is 3.52. The van der Waals surface area contributed by atoms with Crippen molar-refractivity contribution in [2.24, 2.45) is 0 Å². The summed E-state index contributed by atoms with van der Waals surface area (Å²) < 4.78 is 5.34. The molecule has 0 aromatic carbocycles. The molecule has 9 nitrogen and oxygen atoms in total. The maximum atomic E-state index is 12.6. The van der Waals surface area contributed by atoms with Gasteiger partial charge in [0, 0.05) is 38.3 Å². The van der Waals surface area contributed by atoms with Crippen molar-refractivity contribution in [3.05, 3.63) is 0 Å². The summed E-state index contributed by atoms with van der Waals surface area (Å²) in [7, 11) is 0. The number of amides is 3. The van der Waals surface area contributed by atoms with Crippen LogP contribution in [-0.2, 0) is 19.1 Å². The Bertz CT molecular complexity index is 520. The molecule has 0 radical (unpaired) electrons. The van der Waals surface area contributed by atoms with Crippen molar-refractivity contribution in [2.75, 3.05) is 59.0 Å². The molecule has 0 bridgehead atoms. The zero-order valence-electron chi connectivity index (χ0n) is 17.2. The van der Waals surface area contributed by atoms with Crippen molar-refractivity contribution in [3.63, 3.8) is 0 Å². The Hall–Kier alpha value is -1.55. The van der Waals surface area contributed by atoms with Gasteiger partial charge in [0.15, 0.2) is 0 Å². The summed E-state index contributed by atoms with van der Waals surface area (Å²) in [6.45, 7) is 8.39. The standard InChI is InChI=1S/C19H35N5O4/c1-3-15(2)20-12-17(25)22-18(26)14-24(19(27)13-21-16-4-5-16)7-6-23-8-10-28-11-9-23/h15-16,20-21H,3-14H2,1-2H3,(H,22,25,26). The monoisotopic (exact) mass is 397 g/mol. The average molecular weight is 398 g/mol. The molecule has 2 aliphatic rings. The number of rotatable bonds is 12. The number of hydrogen-bond acceptors (Lipinski definition) is 7. The molecule has 1 aliphatic heterocycles. The quantitative estimate of drug-likeness (QED) is 0.385. The second kappa shape index (κ2) is 12.1. The van der Waals surface area contributed by atoms with E-state index >= 15 is 0 Å². The summed E-state index contributed by atoms with van der Waals surface area (Å²) in [5.41, 5.74) is 0. The SMILES string of the molecule is CCC(C)NCC(=O)NC(=O)CN(CCN1CCOCC1)C(=O)CNC1CC1. The molecule has 2 rings (SSSR count). The zero-order chi connectivity index (χ0) is 20.4. The first-order chi connectivity index (χ1) is 13.5. The molecular weight excluding hydrogens is 362 g/mol. The molecular formula is C19H35N5O4. The van der Waals surface area contributed by atoms with Crippen LogP contribution in [0, 0.1) is 0 Å². The van der Waals surface area contributed by atoms with Crippen LogP contribution in [0.25, 0.3) is 0 Å². The van der Waals surface area contributed by atoms with Gasteiger partial charge >= 0.3 is 0 Å². The van der Waals surface area contributed by atoms with Gasteiger partial charge in [-0.25, -0.2) is 0 Å². The van der Waals surface area contributed by atoms with Gasteiger partial charge in [0.2, 0.25) is 17.7 Å². The van der Waals surface area contributed by atoms with Gasteiger partial charge in [-0.3, -0.25) is 24.6 Å². The highest BCUT2D eigenvalue weighted by Crippen LogP contribution is 2.18. The minimum Gasteiger partial charge on any atom is -0.379 e. The Morgan fingerprint density at radius 2 is 1.86 bits per heavy atom. The van der Waals surface area contributed by atoms with E-state index in [1.807, 2.05) is 13.8 Å². The number of imide groups is 1. The number of morpholine rings is 1. The van der Waals surface area contributed by atoms with Gasteiger partial charge in [-0.15, -0.1) is 0 Å². The van der Waals surface area contributed by atoms with Crippen LogP contribution in [0.4, 0.5) is 0 Å². The zero-order valence-corrected chi connectivity index (χ0v) is 17.2. The highest BCUT2D eigenvalue weighted by atomic mass is 16.5. The van der Waals surface area contributed by atoms with Crippen molar-refractivity contribution in [3.8, 4) is 0 Å². The first-order valence-corrected chi connectivity index (χ1v) is 10.3. The van der Waals surface area contributed by atoms with E-state index in [1.165, 1.54) is 4.90 Å². The molecule has 160 valence electrons. The summed E-state index contributed by atoms with van der Waals surface area (Å²) in [5, 5.41) is 8.61. The maximum Gasteiger partial charge on any atom is 0.246 e. The Morgan fingerprint density at radius 1 is 1.14 bits per heavy atom. The first kappa shape index (κ1) is 22.7. The number of hydrogen-bond donors (Lipinski definition) is 3. The molecule has 0 spiro atoms. The van der Waals surface area contributed by atoms with E-state index in [1.54, 1.807) is 0 Å². The highest BCUT2D eigenvalue weighted by molar-refractivity contribution is 5.98. The topological polar surface area (TPSA) is 103 Å². The molecule has 1 saturated heterocycles. The number of carbonyl (C=O) groups is 3. The minimum absolute atomic E-state index is 0.0890. The van der Waals surface area contributed by atoms with Crippen LogP contribution in [-0.4, -0.2) is 98.6 Å².